The topological polar surface area (TPSA) is 58.2 Å². The van der Waals surface area contributed by atoms with Crippen molar-refractivity contribution in [3.63, 3.8) is 0 Å². The van der Waals surface area contributed by atoms with Gasteiger partial charge in [-0.2, -0.15) is 0 Å². The van der Waals surface area contributed by atoms with Gasteiger partial charge in [0.2, 0.25) is 11.8 Å². The SMILES string of the molecule is CCc1ccccc1NC(=O)C1CC1C(=O)Nc1ccc(Cl)cc1C. The Morgan fingerprint density at radius 1 is 1.04 bits per heavy atom. The Hall–Kier alpha value is -2.33. The van der Waals surface area contributed by atoms with E-state index < -0.39 is 0 Å². The number of benzene rings is 2. The molecule has 0 bridgehead atoms. The summed E-state index contributed by atoms with van der Waals surface area (Å²) in [5.74, 6) is -0.746. The van der Waals surface area contributed by atoms with Gasteiger partial charge in [-0.25, -0.2) is 0 Å². The molecular formula is C20H21ClN2O2. The first-order valence-electron chi connectivity index (χ1n) is 8.45. The number of anilines is 2. The standard InChI is InChI=1S/C20H21ClN2O2/c1-3-13-6-4-5-7-18(13)23-20(25)16-11-15(16)19(24)22-17-9-8-14(21)10-12(17)2/h4-10,15-16H,3,11H2,1-2H3,(H,22,24)(H,23,25). The average molecular weight is 357 g/mol. The van der Waals surface area contributed by atoms with Crippen LogP contribution in [0.1, 0.15) is 24.5 Å². The number of halogens is 1. The first-order valence-corrected chi connectivity index (χ1v) is 8.83. The zero-order valence-electron chi connectivity index (χ0n) is 14.3. The zero-order chi connectivity index (χ0) is 18.0. The Balaban J connectivity index is 1.60. The summed E-state index contributed by atoms with van der Waals surface area (Å²) >= 11 is 5.93. The van der Waals surface area contributed by atoms with Gasteiger partial charge in [0.25, 0.3) is 0 Å². The monoisotopic (exact) mass is 356 g/mol. The Kier molecular flexibility index (Phi) is 5.09. The summed E-state index contributed by atoms with van der Waals surface area (Å²) in [6, 6.07) is 13.1. The van der Waals surface area contributed by atoms with Crippen LogP contribution < -0.4 is 10.6 Å². The molecule has 0 aliphatic heterocycles. The third-order valence-corrected chi connectivity index (χ3v) is 4.80. The maximum atomic E-state index is 12.4. The third kappa shape index (κ3) is 4.02. The van der Waals surface area contributed by atoms with Crippen molar-refractivity contribution in [1.29, 1.82) is 0 Å². The molecule has 1 saturated carbocycles. The smallest absolute Gasteiger partial charge is 0.228 e. The summed E-state index contributed by atoms with van der Waals surface area (Å²) in [4.78, 5) is 24.8. The fourth-order valence-electron chi connectivity index (χ4n) is 2.94. The number of aryl methyl sites for hydroxylation is 2. The molecule has 130 valence electrons. The van der Waals surface area contributed by atoms with E-state index in [0.717, 1.165) is 28.9 Å². The molecule has 2 aromatic rings. The predicted octanol–water partition coefficient (Wildman–Crippen LogP) is 4.42. The minimum atomic E-state index is -0.274. The maximum absolute atomic E-state index is 12.4. The van der Waals surface area contributed by atoms with Crippen LogP contribution in [0.3, 0.4) is 0 Å². The summed E-state index contributed by atoms with van der Waals surface area (Å²) in [6.45, 7) is 3.94. The molecule has 0 heterocycles. The predicted molar refractivity (Wildman–Crippen MR) is 101 cm³/mol. The van der Waals surface area contributed by atoms with Crippen LogP contribution in [-0.4, -0.2) is 11.8 Å². The molecule has 2 unspecified atom stereocenters. The molecule has 0 radical (unpaired) electrons. The lowest BCUT2D eigenvalue weighted by molar-refractivity contribution is -0.122. The number of hydrogen-bond donors (Lipinski definition) is 2. The van der Waals surface area contributed by atoms with Crippen molar-refractivity contribution in [1.82, 2.24) is 0 Å². The zero-order valence-corrected chi connectivity index (χ0v) is 15.1. The molecule has 0 spiro atoms. The highest BCUT2D eigenvalue weighted by molar-refractivity contribution is 6.30. The minimum Gasteiger partial charge on any atom is -0.326 e. The van der Waals surface area contributed by atoms with Gasteiger partial charge in [0.15, 0.2) is 0 Å². The number of carbonyl (C=O) groups is 2. The molecule has 2 aromatic carbocycles. The van der Waals surface area contributed by atoms with Gasteiger partial charge in [-0.3, -0.25) is 9.59 Å². The highest BCUT2D eigenvalue weighted by atomic mass is 35.5. The second-order valence-corrected chi connectivity index (χ2v) is 6.83. The highest BCUT2D eigenvalue weighted by Crippen LogP contribution is 2.40. The van der Waals surface area contributed by atoms with Gasteiger partial charge in [0, 0.05) is 16.4 Å². The lowest BCUT2D eigenvalue weighted by atomic mass is 10.1. The summed E-state index contributed by atoms with van der Waals surface area (Å²) in [6.07, 6.45) is 1.43. The second kappa shape index (κ2) is 7.28. The Labute approximate surface area is 152 Å². The maximum Gasteiger partial charge on any atom is 0.228 e. The fraction of sp³-hybridized carbons (Fsp3) is 0.300. The number of amides is 2. The van der Waals surface area contributed by atoms with Crippen LogP contribution in [0, 0.1) is 18.8 Å². The molecule has 4 nitrogen and oxygen atoms in total. The minimum absolute atomic E-state index is 0.0890. The van der Waals surface area contributed by atoms with E-state index in [4.69, 9.17) is 11.6 Å². The van der Waals surface area contributed by atoms with Crippen molar-refractivity contribution in [2.24, 2.45) is 11.8 Å². The molecule has 5 heteroatoms. The van der Waals surface area contributed by atoms with Crippen molar-refractivity contribution >= 4 is 34.8 Å². The summed E-state index contributed by atoms with van der Waals surface area (Å²) in [7, 11) is 0. The van der Waals surface area contributed by atoms with E-state index in [1.54, 1.807) is 18.2 Å². The van der Waals surface area contributed by atoms with E-state index in [1.807, 2.05) is 38.1 Å². The van der Waals surface area contributed by atoms with E-state index >= 15 is 0 Å². The Morgan fingerprint density at radius 3 is 2.32 bits per heavy atom. The molecule has 1 fully saturated rings. The fourth-order valence-corrected chi connectivity index (χ4v) is 3.17. The van der Waals surface area contributed by atoms with Gasteiger partial charge in [-0.15, -0.1) is 0 Å². The summed E-state index contributed by atoms with van der Waals surface area (Å²) in [5.41, 5.74) is 3.56. The van der Waals surface area contributed by atoms with Crippen LogP contribution in [0.25, 0.3) is 0 Å². The third-order valence-electron chi connectivity index (χ3n) is 4.57. The summed E-state index contributed by atoms with van der Waals surface area (Å²) < 4.78 is 0. The molecule has 1 aliphatic rings. The summed E-state index contributed by atoms with van der Waals surface area (Å²) in [5, 5.41) is 6.48. The van der Waals surface area contributed by atoms with E-state index in [9.17, 15) is 9.59 Å². The quantitative estimate of drug-likeness (QED) is 0.832. The first kappa shape index (κ1) is 17.5. The Bertz CT molecular complexity index is 819. The van der Waals surface area contributed by atoms with Gasteiger partial charge in [-0.1, -0.05) is 36.7 Å². The molecule has 2 amide bonds. The van der Waals surface area contributed by atoms with Crippen LogP contribution in [0.5, 0.6) is 0 Å². The van der Waals surface area contributed by atoms with Gasteiger partial charge in [0.05, 0.1) is 11.8 Å². The number of carbonyl (C=O) groups excluding carboxylic acids is 2. The second-order valence-electron chi connectivity index (χ2n) is 6.40. The van der Waals surface area contributed by atoms with E-state index in [0.29, 0.717) is 11.4 Å². The van der Waals surface area contributed by atoms with Gasteiger partial charge >= 0.3 is 0 Å². The molecule has 2 N–H and O–H groups in total. The number of rotatable bonds is 5. The molecule has 0 saturated heterocycles. The molecule has 0 aromatic heterocycles. The van der Waals surface area contributed by atoms with E-state index in [1.165, 1.54) is 0 Å². The normalized spacial score (nSPS) is 18.5. The molecule has 25 heavy (non-hydrogen) atoms. The van der Waals surface area contributed by atoms with Gasteiger partial charge < -0.3 is 10.6 Å². The highest BCUT2D eigenvalue weighted by Gasteiger charge is 2.48. The van der Waals surface area contributed by atoms with Crippen molar-refractivity contribution in [3.05, 3.63) is 58.6 Å². The van der Waals surface area contributed by atoms with Crippen LogP contribution in [0.15, 0.2) is 42.5 Å². The molecule has 1 aliphatic carbocycles. The van der Waals surface area contributed by atoms with Gasteiger partial charge in [-0.05, 0) is 55.2 Å². The largest absolute Gasteiger partial charge is 0.326 e. The van der Waals surface area contributed by atoms with E-state index in [-0.39, 0.29) is 23.7 Å². The van der Waals surface area contributed by atoms with Crippen LogP contribution >= 0.6 is 11.6 Å². The lowest BCUT2D eigenvalue weighted by Crippen LogP contribution is -2.21. The van der Waals surface area contributed by atoms with Crippen molar-refractivity contribution in [3.8, 4) is 0 Å². The first-order chi connectivity index (χ1) is 12.0. The lowest BCUT2D eigenvalue weighted by Gasteiger charge is -2.10. The molecule has 3 rings (SSSR count). The van der Waals surface area contributed by atoms with Crippen LogP contribution in [0.4, 0.5) is 11.4 Å². The van der Waals surface area contributed by atoms with E-state index in [2.05, 4.69) is 10.6 Å². The van der Waals surface area contributed by atoms with Crippen LogP contribution in [-0.2, 0) is 16.0 Å². The number of hydrogen-bond acceptors (Lipinski definition) is 2. The van der Waals surface area contributed by atoms with Crippen LogP contribution in [0.2, 0.25) is 5.02 Å². The number of para-hydroxylation sites is 1. The van der Waals surface area contributed by atoms with Crippen molar-refractivity contribution in [2.75, 3.05) is 10.6 Å². The Morgan fingerprint density at radius 2 is 1.68 bits per heavy atom. The average Bonchev–Trinajstić information content (AvgIpc) is 3.39. The number of nitrogens with one attached hydrogen (secondary N) is 2. The van der Waals surface area contributed by atoms with Crippen molar-refractivity contribution < 1.29 is 9.59 Å². The van der Waals surface area contributed by atoms with Crippen molar-refractivity contribution in [2.45, 2.75) is 26.7 Å². The molecular weight excluding hydrogens is 336 g/mol. The molecule has 2 atom stereocenters. The van der Waals surface area contributed by atoms with Gasteiger partial charge in [0.1, 0.15) is 0 Å².